The SMILES string of the molecule is COOCN(CCN(CCN(CC(=O)O)CC(=O)O)C(C=O)CCC(=O)N[C@@H](CCCNC(=N)N)C(=O)O)COOC. The molecule has 0 bridgehead atoms. The van der Waals surface area contributed by atoms with Crippen molar-refractivity contribution in [1.29, 1.82) is 5.41 Å². The van der Waals surface area contributed by atoms with Crippen LogP contribution in [0.1, 0.15) is 25.7 Å². The average Bonchev–Trinajstić information content (AvgIpc) is 2.91. The van der Waals surface area contributed by atoms with Crippen molar-refractivity contribution in [3.63, 3.8) is 0 Å². The summed E-state index contributed by atoms with van der Waals surface area (Å²) in [5.74, 6) is -4.55. The molecule has 0 aliphatic rings. The van der Waals surface area contributed by atoms with Crippen LogP contribution in [0.5, 0.6) is 0 Å². The normalized spacial score (nSPS) is 12.7. The van der Waals surface area contributed by atoms with Gasteiger partial charge in [0.05, 0.1) is 33.4 Å². The topological polar surface area (TPSA) is 267 Å². The minimum atomic E-state index is -1.24. The number of carboxylic acids is 3. The van der Waals surface area contributed by atoms with E-state index >= 15 is 0 Å². The monoisotopic (exact) mass is 609 g/mol. The number of carbonyl (C=O) groups excluding carboxylic acids is 2. The Balaban J connectivity index is 5.47. The summed E-state index contributed by atoms with van der Waals surface area (Å²) in [5.41, 5.74) is 5.19. The summed E-state index contributed by atoms with van der Waals surface area (Å²) < 4.78 is 0. The highest BCUT2D eigenvalue weighted by Crippen LogP contribution is 2.09. The molecule has 1 unspecified atom stereocenters. The predicted octanol–water partition coefficient (Wildman–Crippen LogP) is -2.69. The predicted molar refractivity (Wildman–Crippen MR) is 144 cm³/mol. The average molecular weight is 610 g/mol. The van der Waals surface area contributed by atoms with E-state index in [1.807, 2.05) is 0 Å². The first-order valence-corrected chi connectivity index (χ1v) is 12.9. The lowest BCUT2D eigenvalue weighted by molar-refractivity contribution is -0.334. The van der Waals surface area contributed by atoms with Gasteiger partial charge in [-0.25, -0.2) is 24.3 Å². The fourth-order valence-corrected chi connectivity index (χ4v) is 3.67. The third kappa shape index (κ3) is 19.6. The standard InChI is InChI=1S/C23H43N7O12/c1-39-41-15-29(16-42-40-2)9-11-30(10-8-28(12-20(33)34)13-21(35)36)17(14-31)5-6-19(32)27-18(22(37)38)4-3-7-26-23(24)25/h14,17-18H,3-13,15-16H2,1-2H3,(H,27,32)(H,33,34)(H,35,36)(H,37,38)(H4,24,25,26)/t17?,18-/m0/s1. The van der Waals surface area contributed by atoms with Crippen molar-refractivity contribution in [1.82, 2.24) is 25.3 Å². The molecule has 0 aromatic heterocycles. The number of aliphatic carboxylic acids is 3. The van der Waals surface area contributed by atoms with Crippen molar-refractivity contribution in [3.05, 3.63) is 0 Å². The van der Waals surface area contributed by atoms with Gasteiger partial charge in [0.15, 0.2) is 5.96 Å². The molecule has 8 N–H and O–H groups in total. The Kier molecular flexibility index (Phi) is 21.2. The lowest BCUT2D eigenvalue weighted by Crippen LogP contribution is -2.48. The highest BCUT2D eigenvalue weighted by atomic mass is 17.2. The molecule has 19 heteroatoms. The summed E-state index contributed by atoms with van der Waals surface area (Å²) >= 11 is 0. The molecule has 0 fully saturated rings. The molecule has 0 saturated heterocycles. The molecule has 42 heavy (non-hydrogen) atoms. The zero-order valence-electron chi connectivity index (χ0n) is 23.9. The van der Waals surface area contributed by atoms with E-state index in [0.29, 0.717) is 12.7 Å². The molecule has 0 radical (unpaired) electrons. The quantitative estimate of drug-likeness (QED) is 0.00950. The summed E-state index contributed by atoms with van der Waals surface area (Å²) in [6, 6.07) is -2.04. The molecule has 0 rings (SSSR count). The Hall–Kier alpha value is -3.46. The van der Waals surface area contributed by atoms with Crippen LogP contribution >= 0.6 is 0 Å². The number of amides is 1. The third-order valence-corrected chi connectivity index (χ3v) is 5.74. The Morgan fingerprint density at radius 3 is 1.90 bits per heavy atom. The molecule has 2 atom stereocenters. The molecule has 1 amide bonds. The van der Waals surface area contributed by atoms with Crippen LogP contribution in [0.3, 0.4) is 0 Å². The Bertz CT molecular complexity index is 827. The number of carbonyl (C=O) groups is 5. The number of nitrogens with one attached hydrogen (secondary N) is 3. The van der Waals surface area contributed by atoms with Gasteiger partial charge in [0.25, 0.3) is 0 Å². The lowest BCUT2D eigenvalue weighted by Gasteiger charge is -2.32. The van der Waals surface area contributed by atoms with Crippen molar-refractivity contribution in [2.24, 2.45) is 5.73 Å². The van der Waals surface area contributed by atoms with Crippen molar-refractivity contribution in [3.8, 4) is 0 Å². The lowest BCUT2D eigenvalue weighted by atomic mass is 10.1. The second-order valence-electron chi connectivity index (χ2n) is 8.94. The number of rotatable bonds is 27. The Morgan fingerprint density at radius 1 is 0.905 bits per heavy atom. The van der Waals surface area contributed by atoms with E-state index in [0.717, 1.165) is 0 Å². The molecule has 0 spiro atoms. The molecule has 0 aliphatic heterocycles. The molecule has 242 valence electrons. The highest BCUT2D eigenvalue weighted by Gasteiger charge is 2.24. The van der Waals surface area contributed by atoms with Crippen LogP contribution < -0.4 is 16.4 Å². The summed E-state index contributed by atoms with van der Waals surface area (Å²) in [6.07, 6.45) is 0.800. The van der Waals surface area contributed by atoms with Crippen LogP contribution in [0.15, 0.2) is 0 Å². The van der Waals surface area contributed by atoms with E-state index in [2.05, 4.69) is 20.4 Å². The van der Waals surface area contributed by atoms with Gasteiger partial charge in [-0.05, 0) is 19.3 Å². The van der Waals surface area contributed by atoms with E-state index in [-0.39, 0.29) is 71.4 Å². The summed E-state index contributed by atoms with van der Waals surface area (Å²) in [4.78, 5) is 82.1. The third-order valence-electron chi connectivity index (χ3n) is 5.74. The van der Waals surface area contributed by atoms with Gasteiger partial charge in [-0.2, -0.15) is 0 Å². The maximum Gasteiger partial charge on any atom is 0.326 e. The molecule has 0 aliphatic carbocycles. The first-order valence-electron chi connectivity index (χ1n) is 12.9. The summed E-state index contributed by atoms with van der Waals surface area (Å²) in [6.45, 7) is -0.444. The second kappa shape index (κ2) is 23.1. The van der Waals surface area contributed by atoms with Gasteiger partial charge in [0, 0.05) is 39.1 Å². The van der Waals surface area contributed by atoms with Gasteiger partial charge in [-0.15, -0.1) is 0 Å². The van der Waals surface area contributed by atoms with E-state index in [1.54, 1.807) is 9.80 Å². The minimum Gasteiger partial charge on any atom is -0.480 e. The number of nitrogens with two attached hydrogens (primary N) is 1. The van der Waals surface area contributed by atoms with Crippen molar-refractivity contribution < 1.29 is 58.8 Å². The molecular weight excluding hydrogens is 566 g/mol. The van der Waals surface area contributed by atoms with E-state index in [9.17, 15) is 29.1 Å². The zero-order chi connectivity index (χ0) is 31.9. The number of hydrogen-bond acceptors (Lipinski definition) is 13. The molecule has 0 aromatic rings. The number of aldehydes is 1. The summed E-state index contributed by atoms with van der Waals surface area (Å²) in [7, 11) is 2.62. The molecule has 0 heterocycles. The van der Waals surface area contributed by atoms with Crippen LogP contribution in [0.2, 0.25) is 0 Å². The van der Waals surface area contributed by atoms with Crippen molar-refractivity contribution >= 4 is 36.1 Å². The first kappa shape index (κ1) is 38.5. The zero-order valence-corrected chi connectivity index (χ0v) is 23.9. The first-order chi connectivity index (χ1) is 19.9. The van der Waals surface area contributed by atoms with E-state index in [4.69, 9.17) is 31.1 Å². The molecular formula is C23H43N7O12. The highest BCUT2D eigenvalue weighted by molar-refractivity contribution is 5.83. The van der Waals surface area contributed by atoms with Crippen LogP contribution in [0, 0.1) is 5.41 Å². The van der Waals surface area contributed by atoms with Gasteiger partial charge >= 0.3 is 17.9 Å². The summed E-state index contributed by atoms with van der Waals surface area (Å²) in [5, 5.41) is 39.8. The fourth-order valence-electron chi connectivity index (χ4n) is 3.67. The number of nitrogens with zero attached hydrogens (tertiary/aromatic N) is 3. The number of guanidine groups is 1. The number of carboxylic acid groups (broad SMARTS) is 3. The molecule has 0 saturated carbocycles. The Labute approximate surface area is 243 Å². The van der Waals surface area contributed by atoms with Crippen LogP contribution in [0.4, 0.5) is 0 Å². The van der Waals surface area contributed by atoms with Crippen LogP contribution in [-0.4, -0.2) is 152 Å². The maximum atomic E-state index is 12.6. The smallest absolute Gasteiger partial charge is 0.326 e. The molecule has 0 aromatic carbocycles. The largest absolute Gasteiger partial charge is 0.480 e. The van der Waals surface area contributed by atoms with Crippen molar-refractivity contribution in [2.45, 2.75) is 37.8 Å². The Morgan fingerprint density at radius 2 is 1.45 bits per heavy atom. The van der Waals surface area contributed by atoms with Gasteiger partial charge < -0.3 is 36.5 Å². The van der Waals surface area contributed by atoms with E-state index < -0.39 is 49.0 Å². The van der Waals surface area contributed by atoms with E-state index in [1.165, 1.54) is 19.1 Å². The minimum absolute atomic E-state index is 0.00539. The van der Waals surface area contributed by atoms with Crippen LogP contribution in [0.25, 0.3) is 0 Å². The molecule has 19 nitrogen and oxygen atoms in total. The van der Waals surface area contributed by atoms with Crippen molar-refractivity contribution in [2.75, 3.05) is 73.5 Å². The number of hydrogen-bond donors (Lipinski definition) is 7. The van der Waals surface area contributed by atoms with Gasteiger partial charge in [0.1, 0.15) is 25.8 Å². The van der Waals surface area contributed by atoms with Crippen LogP contribution in [-0.2, 0) is 43.5 Å². The van der Waals surface area contributed by atoms with Gasteiger partial charge in [0.2, 0.25) is 5.91 Å². The fraction of sp³-hybridized carbons (Fsp3) is 0.739. The maximum absolute atomic E-state index is 12.6. The second-order valence-corrected chi connectivity index (χ2v) is 8.94. The van der Waals surface area contributed by atoms with Gasteiger partial charge in [-0.3, -0.25) is 34.5 Å². The van der Waals surface area contributed by atoms with Gasteiger partial charge in [-0.1, -0.05) is 0 Å².